The van der Waals surface area contributed by atoms with Crippen molar-refractivity contribution in [2.24, 2.45) is 24.3 Å². The van der Waals surface area contributed by atoms with Crippen LogP contribution in [-0.4, -0.2) is 67.4 Å². The van der Waals surface area contributed by atoms with Crippen molar-refractivity contribution in [2.45, 2.75) is 78.9 Å². The second kappa shape index (κ2) is 14.2. The predicted molar refractivity (Wildman–Crippen MR) is 158 cm³/mol. The highest BCUT2D eigenvalue weighted by atomic mass is 16.2. The SMILES string of the molecule is CCNC(=O)C(=O)CC[C@H](NC(=O)c1ncn(C)n1)C(=O)Nc1cccn(CC(=O)N[C@@H]2CCC(C)(C)[C@H](C)[C@H]2C)c1=O. The van der Waals surface area contributed by atoms with E-state index in [1.54, 1.807) is 14.0 Å². The number of amides is 4. The molecule has 0 aliphatic heterocycles. The first kappa shape index (κ1) is 33.1. The van der Waals surface area contributed by atoms with Crippen molar-refractivity contribution < 1.29 is 24.0 Å². The number of rotatable bonds is 12. The topological polar surface area (TPSA) is 186 Å². The number of pyridine rings is 1. The van der Waals surface area contributed by atoms with Gasteiger partial charge in [0.25, 0.3) is 17.4 Å². The van der Waals surface area contributed by atoms with Gasteiger partial charge in [-0.2, -0.15) is 0 Å². The summed E-state index contributed by atoms with van der Waals surface area (Å²) in [4.78, 5) is 80.0. The first-order chi connectivity index (χ1) is 20.2. The summed E-state index contributed by atoms with van der Waals surface area (Å²) in [5.74, 6) is -2.97. The molecule has 0 aromatic carbocycles. The Balaban J connectivity index is 1.71. The Morgan fingerprint density at radius 2 is 1.88 bits per heavy atom. The third-order valence-corrected chi connectivity index (χ3v) is 8.37. The van der Waals surface area contributed by atoms with Crippen molar-refractivity contribution in [1.82, 2.24) is 35.3 Å². The van der Waals surface area contributed by atoms with Gasteiger partial charge in [0.15, 0.2) is 0 Å². The number of hydrogen-bond donors (Lipinski definition) is 4. The molecule has 4 atom stereocenters. The summed E-state index contributed by atoms with van der Waals surface area (Å²) in [6.07, 6.45) is 4.02. The molecule has 4 N–H and O–H groups in total. The van der Waals surface area contributed by atoms with Crippen molar-refractivity contribution in [2.75, 3.05) is 11.9 Å². The lowest BCUT2D eigenvalue weighted by Gasteiger charge is -2.45. The number of anilines is 1. The van der Waals surface area contributed by atoms with Gasteiger partial charge in [0, 0.05) is 32.3 Å². The zero-order chi connectivity index (χ0) is 31.9. The lowest BCUT2D eigenvalue weighted by molar-refractivity contribution is -0.138. The third-order valence-electron chi connectivity index (χ3n) is 8.37. The van der Waals surface area contributed by atoms with Crippen LogP contribution in [0.5, 0.6) is 0 Å². The van der Waals surface area contributed by atoms with Crippen LogP contribution >= 0.6 is 0 Å². The lowest BCUT2D eigenvalue weighted by Crippen LogP contribution is -2.49. The van der Waals surface area contributed by atoms with E-state index in [1.807, 2.05) is 0 Å². The average molecular weight is 599 g/mol. The molecule has 2 heterocycles. The van der Waals surface area contributed by atoms with Crippen molar-refractivity contribution in [3.05, 3.63) is 40.8 Å². The Bertz CT molecular complexity index is 1410. The first-order valence-electron chi connectivity index (χ1n) is 14.5. The monoisotopic (exact) mass is 598 g/mol. The normalized spacial score (nSPS) is 20.0. The van der Waals surface area contributed by atoms with Gasteiger partial charge in [-0.1, -0.05) is 27.7 Å². The quantitative estimate of drug-likeness (QED) is 0.258. The smallest absolute Gasteiger partial charge is 0.291 e. The van der Waals surface area contributed by atoms with E-state index in [1.165, 1.54) is 33.9 Å². The van der Waals surface area contributed by atoms with Crippen LogP contribution < -0.4 is 26.8 Å². The molecule has 1 saturated carbocycles. The molecule has 14 heteroatoms. The molecule has 14 nitrogen and oxygen atoms in total. The lowest BCUT2D eigenvalue weighted by atomic mass is 9.63. The number of aromatic nitrogens is 4. The standard InChI is InChI=1S/C29H42N8O6/c1-7-30-26(41)22(38)11-10-20(33-27(42)24-31-16-36(6)35-24)25(40)34-21-9-8-14-37(28(21)43)15-23(39)32-19-12-13-29(4,5)18(3)17(19)2/h8-9,14,16-20H,7,10-13,15H2,1-6H3,(H,30,41)(H,32,39)(H,33,42)(H,34,40)/t17-,18-,19-,20+/m1/s1. The van der Waals surface area contributed by atoms with E-state index >= 15 is 0 Å². The summed E-state index contributed by atoms with van der Waals surface area (Å²) in [7, 11) is 1.57. The van der Waals surface area contributed by atoms with E-state index in [9.17, 15) is 28.8 Å². The van der Waals surface area contributed by atoms with Crippen LogP contribution in [0, 0.1) is 17.3 Å². The fourth-order valence-electron chi connectivity index (χ4n) is 5.25. The van der Waals surface area contributed by atoms with Crippen LogP contribution in [0.3, 0.4) is 0 Å². The van der Waals surface area contributed by atoms with Crippen LogP contribution in [0.1, 0.15) is 70.9 Å². The summed E-state index contributed by atoms with van der Waals surface area (Å²) in [6, 6.07) is 1.59. The zero-order valence-electron chi connectivity index (χ0n) is 25.6. The summed E-state index contributed by atoms with van der Waals surface area (Å²) in [6.45, 7) is 10.5. The number of carbonyl (C=O) groups is 5. The molecule has 234 valence electrons. The van der Waals surface area contributed by atoms with Gasteiger partial charge in [0.05, 0.1) is 0 Å². The number of ketones is 1. The Kier molecular flexibility index (Phi) is 11.0. The van der Waals surface area contributed by atoms with E-state index in [4.69, 9.17) is 0 Å². The summed E-state index contributed by atoms with van der Waals surface area (Å²) < 4.78 is 2.50. The molecule has 0 spiro atoms. The number of aryl methyl sites for hydroxylation is 1. The Hall–Kier alpha value is -4.36. The molecule has 0 unspecified atom stereocenters. The minimum atomic E-state index is -1.30. The maximum Gasteiger partial charge on any atom is 0.291 e. The molecule has 4 amide bonds. The predicted octanol–water partition coefficient (Wildman–Crippen LogP) is 0.776. The van der Waals surface area contributed by atoms with Crippen molar-refractivity contribution in [3.8, 4) is 0 Å². The second-order valence-electron chi connectivity index (χ2n) is 11.8. The molecule has 2 aromatic heterocycles. The number of nitrogens with zero attached hydrogens (tertiary/aromatic N) is 4. The van der Waals surface area contributed by atoms with Gasteiger partial charge >= 0.3 is 0 Å². The number of nitrogens with one attached hydrogen (secondary N) is 4. The molecule has 3 rings (SSSR count). The van der Waals surface area contributed by atoms with Crippen LogP contribution in [0.25, 0.3) is 0 Å². The number of Topliss-reactive ketones (excluding diaryl/α,β-unsaturated/α-hetero) is 1. The highest BCUT2D eigenvalue weighted by Gasteiger charge is 2.39. The first-order valence-corrected chi connectivity index (χ1v) is 14.5. The van der Waals surface area contributed by atoms with E-state index in [-0.39, 0.29) is 60.7 Å². The van der Waals surface area contributed by atoms with Gasteiger partial charge in [-0.25, -0.2) is 4.98 Å². The minimum absolute atomic E-state index is 0.00538. The molecule has 0 saturated heterocycles. The molecule has 1 aliphatic carbocycles. The summed E-state index contributed by atoms with van der Waals surface area (Å²) in [5, 5.41) is 14.3. The minimum Gasteiger partial charge on any atom is -0.352 e. The van der Waals surface area contributed by atoms with Crippen LogP contribution in [0.2, 0.25) is 0 Å². The third kappa shape index (κ3) is 8.58. The van der Waals surface area contributed by atoms with Gasteiger partial charge < -0.3 is 25.8 Å². The van der Waals surface area contributed by atoms with Gasteiger partial charge in [-0.3, -0.25) is 33.4 Å². The van der Waals surface area contributed by atoms with E-state index in [2.05, 4.69) is 59.0 Å². The second-order valence-corrected chi connectivity index (χ2v) is 11.8. The molecule has 1 aliphatic rings. The Labute approximate surface area is 250 Å². The van der Waals surface area contributed by atoms with Crippen LogP contribution in [-0.2, 0) is 32.8 Å². The molecule has 0 radical (unpaired) electrons. The van der Waals surface area contributed by atoms with Gasteiger partial charge in [0.1, 0.15) is 24.6 Å². The summed E-state index contributed by atoms with van der Waals surface area (Å²) >= 11 is 0. The Morgan fingerprint density at radius 1 is 1.16 bits per heavy atom. The van der Waals surface area contributed by atoms with Crippen LogP contribution in [0.4, 0.5) is 5.69 Å². The number of likely N-dealkylation sites (N-methyl/N-ethyl adjacent to an activating group) is 1. The molecule has 1 fully saturated rings. The van der Waals surface area contributed by atoms with E-state index in [0.29, 0.717) is 5.92 Å². The zero-order valence-corrected chi connectivity index (χ0v) is 25.6. The highest BCUT2D eigenvalue weighted by molar-refractivity contribution is 6.36. The molecule has 0 bridgehead atoms. The maximum absolute atomic E-state index is 13.2. The maximum atomic E-state index is 13.2. The van der Waals surface area contributed by atoms with Crippen molar-refractivity contribution >= 4 is 35.1 Å². The van der Waals surface area contributed by atoms with E-state index < -0.39 is 35.1 Å². The van der Waals surface area contributed by atoms with E-state index in [0.717, 1.165) is 12.8 Å². The molecule has 43 heavy (non-hydrogen) atoms. The fourth-order valence-corrected chi connectivity index (χ4v) is 5.25. The average Bonchev–Trinajstić information content (AvgIpc) is 3.39. The van der Waals surface area contributed by atoms with Gasteiger partial charge in [-0.05, 0) is 55.6 Å². The largest absolute Gasteiger partial charge is 0.352 e. The number of carbonyl (C=O) groups excluding carboxylic acids is 5. The van der Waals surface area contributed by atoms with Gasteiger partial charge in [0.2, 0.25) is 23.4 Å². The summed E-state index contributed by atoms with van der Waals surface area (Å²) in [5.41, 5.74) is -0.552. The molecular formula is C29H42N8O6. The van der Waals surface area contributed by atoms with Crippen molar-refractivity contribution in [3.63, 3.8) is 0 Å². The molecule has 2 aromatic rings. The fraction of sp³-hybridized carbons (Fsp3) is 0.586. The Morgan fingerprint density at radius 3 is 2.53 bits per heavy atom. The van der Waals surface area contributed by atoms with Gasteiger partial charge in [-0.15, -0.1) is 5.10 Å². The van der Waals surface area contributed by atoms with Crippen LogP contribution in [0.15, 0.2) is 29.5 Å². The molecular weight excluding hydrogens is 556 g/mol. The highest BCUT2D eigenvalue weighted by Crippen LogP contribution is 2.43. The number of hydrogen-bond acceptors (Lipinski definition) is 8. The van der Waals surface area contributed by atoms with Crippen molar-refractivity contribution in [1.29, 1.82) is 0 Å².